The molecule has 122 valence electrons. The van der Waals surface area contributed by atoms with Crippen LogP contribution in [0.15, 0.2) is 55.0 Å². The Bertz CT molecular complexity index is 761. The minimum Gasteiger partial charge on any atom is -0.370 e. The Labute approximate surface area is 141 Å². The molecule has 0 atom stereocenters. The van der Waals surface area contributed by atoms with Gasteiger partial charge in [0.1, 0.15) is 5.82 Å². The first kappa shape index (κ1) is 15.9. The summed E-state index contributed by atoms with van der Waals surface area (Å²) in [5.74, 6) is 1.39. The first-order valence-electron chi connectivity index (χ1n) is 8.02. The highest BCUT2D eigenvalue weighted by Crippen LogP contribution is 2.19. The Morgan fingerprint density at radius 3 is 2.54 bits per heavy atom. The molecular weight excluding hydrogens is 300 g/mol. The highest BCUT2D eigenvalue weighted by molar-refractivity contribution is 5.60. The standard InChI is InChI=1S/C18H20N6/c1-2-20-18-23-16(15-5-3-4-9-21-15)13-17(24-18)22-12-8-14-6-10-19-11-7-14/h3-7,9-11,13H,2,8,12H2,1H3,(H2,20,22,23,24). The van der Waals surface area contributed by atoms with Crippen LogP contribution in [0.5, 0.6) is 0 Å². The lowest BCUT2D eigenvalue weighted by Gasteiger charge is -2.10. The van der Waals surface area contributed by atoms with Crippen LogP contribution in [0, 0.1) is 0 Å². The second kappa shape index (κ2) is 8.01. The van der Waals surface area contributed by atoms with Gasteiger partial charge in [-0.15, -0.1) is 0 Å². The molecule has 0 unspecified atom stereocenters. The van der Waals surface area contributed by atoms with Crippen LogP contribution >= 0.6 is 0 Å². The van der Waals surface area contributed by atoms with Gasteiger partial charge >= 0.3 is 0 Å². The van der Waals surface area contributed by atoms with E-state index in [-0.39, 0.29) is 0 Å². The molecule has 3 heterocycles. The third-order valence-electron chi connectivity index (χ3n) is 3.46. The van der Waals surface area contributed by atoms with E-state index in [0.29, 0.717) is 5.95 Å². The van der Waals surface area contributed by atoms with Gasteiger partial charge in [0.15, 0.2) is 0 Å². The number of anilines is 2. The summed E-state index contributed by atoms with van der Waals surface area (Å²) >= 11 is 0. The third kappa shape index (κ3) is 4.25. The summed E-state index contributed by atoms with van der Waals surface area (Å²) in [6.45, 7) is 3.57. The van der Waals surface area contributed by atoms with Crippen LogP contribution < -0.4 is 10.6 Å². The van der Waals surface area contributed by atoms with Crippen LogP contribution in [0.2, 0.25) is 0 Å². The number of pyridine rings is 2. The fourth-order valence-corrected chi connectivity index (χ4v) is 2.30. The van der Waals surface area contributed by atoms with Crippen molar-refractivity contribution in [1.29, 1.82) is 0 Å². The van der Waals surface area contributed by atoms with Crippen molar-refractivity contribution in [2.75, 3.05) is 23.7 Å². The van der Waals surface area contributed by atoms with Gasteiger partial charge in [-0.2, -0.15) is 4.98 Å². The molecule has 0 fully saturated rings. The third-order valence-corrected chi connectivity index (χ3v) is 3.46. The van der Waals surface area contributed by atoms with Crippen molar-refractivity contribution in [2.45, 2.75) is 13.3 Å². The van der Waals surface area contributed by atoms with Gasteiger partial charge in [0.05, 0.1) is 11.4 Å². The van der Waals surface area contributed by atoms with Crippen molar-refractivity contribution >= 4 is 11.8 Å². The molecule has 0 aliphatic carbocycles. The van der Waals surface area contributed by atoms with Crippen LogP contribution in [0.4, 0.5) is 11.8 Å². The fraction of sp³-hybridized carbons (Fsp3) is 0.222. The van der Waals surface area contributed by atoms with E-state index in [1.165, 1.54) is 5.56 Å². The van der Waals surface area contributed by atoms with E-state index < -0.39 is 0 Å². The number of rotatable bonds is 7. The molecule has 3 aromatic rings. The maximum absolute atomic E-state index is 4.53. The molecule has 0 saturated heterocycles. The number of nitrogens with one attached hydrogen (secondary N) is 2. The smallest absolute Gasteiger partial charge is 0.225 e. The minimum absolute atomic E-state index is 0.604. The minimum atomic E-state index is 0.604. The van der Waals surface area contributed by atoms with E-state index in [0.717, 1.165) is 36.7 Å². The summed E-state index contributed by atoms with van der Waals surface area (Å²) in [5, 5.41) is 6.53. The van der Waals surface area contributed by atoms with Crippen LogP contribution in [0.25, 0.3) is 11.4 Å². The van der Waals surface area contributed by atoms with Gasteiger partial charge in [0, 0.05) is 37.7 Å². The van der Waals surface area contributed by atoms with Gasteiger partial charge in [0.25, 0.3) is 0 Å². The summed E-state index contributed by atoms with van der Waals surface area (Å²) in [5.41, 5.74) is 2.87. The molecule has 24 heavy (non-hydrogen) atoms. The molecule has 0 amide bonds. The van der Waals surface area contributed by atoms with E-state index in [2.05, 4.69) is 30.6 Å². The van der Waals surface area contributed by atoms with Crippen molar-refractivity contribution in [3.8, 4) is 11.4 Å². The van der Waals surface area contributed by atoms with Crippen molar-refractivity contribution in [3.63, 3.8) is 0 Å². The van der Waals surface area contributed by atoms with E-state index in [9.17, 15) is 0 Å². The second-order valence-corrected chi connectivity index (χ2v) is 5.24. The van der Waals surface area contributed by atoms with Crippen LogP contribution in [0.3, 0.4) is 0 Å². The molecule has 0 spiro atoms. The lowest BCUT2D eigenvalue weighted by molar-refractivity contribution is 0.990. The van der Waals surface area contributed by atoms with E-state index >= 15 is 0 Å². The Morgan fingerprint density at radius 2 is 1.79 bits per heavy atom. The molecular formula is C18H20N6. The maximum atomic E-state index is 4.53. The highest BCUT2D eigenvalue weighted by atomic mass is 15.1. The van der Waals surface area contributed by atoms with Crippen molar-refractivity contribution < 1.29 is 0 Å². The van der Waals surface area contributed by atoms with Gasteiger partial charge in [0.2, 0.25) is 5.95 Å². The van der Waals surface area contributed by atoms with Crippen molar-refractivity contribution in [3.05, 3.63) is 60.6 Å². The highest BCUT2D eigenvalue weighted by Gasteiger charge is 2.07. The zero-order chi connectivity index (χ0) is 16.6. The molecule has 0 aliphatic rings. The fourth-order valence-electron chi connectivity index (χ4n) is 2.30. The summed E-state index contributed by atoms with van der Waals surface area (Å²) in [6, 6.07) is 11.8. The average molecular weight is 320 g/mol. The van der Waals surface area contributed by atoms with E-state index in [1.54, 1.807) is 6.20 Å². The van der Waals surface area contributed by atoms with Crippen LogP contribution in [-0.4, -0.2) is 33.0 Å². The molecule has 6 heteroatoms. The van der Waals surface area contributed by atoms with E-state index in [4.69, 9.17) is 0 Å². The molecule has 0 saturated carbocycles. The topological polar surface area (TPSA) is 75.6 Å². The molecule has 6 nitrogen and oxygen atoms in total. The SMILES string of the molecule is CCNc1nc(NCCc2ccncc2)cc(-c2ccccn2)n1. The molecule has 2 N–H and O–H groups in total. The monoisotopic (exact) mass is 320 g/mol. The zero-order valence-corrected chi connectivity index (χ0v) is 13.6. The predicted molar refractivity (Wildman–Crippen MR) is 95.9 cm³/mol. The molecule has 0 radical (unpaired) electrons. The Morgan fingerprint density at radius 1 is 0.917 bits per heavy atom. The van der Waals surface area contributed by atoms with Gasteiger partial charge in [-0.1, -0.05) is 6.07 Å². The maximum Gasteiger partial charge on any atom is 0.225 e. The normalized spacial score (nSPS) is 10.4. The number of hydrogen-bond donors (Lipinski definition) is 2. The summed E-state index contributed by atoms with van der Waals surface area (Å²) in [6.07, 6.45) is 6.29. The summed E-state index contributed by atoms with van der Waals surface area (Å²) in [4.78, 5) is 17.4. The molecule has 3 aromatic heterocycles. The van der Waals surface area contributed by atoms with Gasteiger partial charge in [-0.25, -0.2) is 4.98 Å². The Hall–Kier alpha value is -3.02. The summed E-state index contributed by atoms with van der Waals surface area (Å²) < 4.78 is 0. The molecule has 0 bridgehead atoms. The lowest BCUT2D eigenvalue weighted by atomic mass is 10.2. The van der Waals surface area contributed by atoms with Gasteiger partial charge in [-0.3, -0.25) is 9.97 Å². The van der Waals surface area contributed by atoms with Gasteiger partial charge < -0.3 is 10.6 Å². The van der Waals surface area contributed by atoms with Gasteiger partial charge in [-0.05, 0) is 43.2 Å². The Balaban J connectivity index is 1.75. The first-order valence-corrected chi connectivity index (χ1v) is 8.02. The van der Waals surface area contributed by atoms with Crippen LogP contribution in [0.1, 0.15) is 12.5 Å². The number of nitrogens with zero attached hydrogens (tertiary/aromatic N) is 4. The van der Waals surface area contributed by atoms with Crippen LogP contribution in [-0.2, 0) is 6.42 Å². The average Bonchev–Trinajstić information content (AvgIpc) is 2.63. The largest absolute Gasteiger partial charge is 0.370 e. The molecule has 0 aliphatic heterocycles. The number of aromatic nitrogens is 4. The number of hydrogen-bond acceptors (Lipinski definition) is 6. The second-order valence-electron chi connectivity index (χ2n) is 5.24. The zero-order valence-electron chi connectivity index (χ0n) is 13.6. The van der Waals surface area contributed by atoms with E-state index in [1.807, 2.05) is 55.7 Å². The van der Waals surface area contributed by atoms with Crippen molar-refractivity contribution in [1.82, 2.24) is 19.9 Å². The van der Waals surface area contributed by atoms with Crippen molar-refractivity contribution in [2.24, 2.45) is 0 Å². The quantitative estimate of drug-likeness (QED) is 0.697. The Kier molecular flexibility index (Phi) is 5.29. The predicted octanol–water partition coefficient (Wildman–Crippen LogP) is 3.02. The first-order chi connectivity index (χ1) is 11.8. The lowest BCUT2D eigenvalue weighted by Crippen LogP contribution is -2.10. The molecule has 3 rings (SSSR count). The molecule has 0 aromatic carbocycles. The summed E-state index contributed by atoms with van der Waals surface area (Å²) in [7, 11) is 0.